The average Bonchev–Trinajstić information content (AvgIpc) is 3.21. The van der Waals surface area contributed by atoms with Gasteiger partial charge < -0.3 is 15.1 Å². The maximum atomic E-state index is 12.7. The molecule has 33 heavy (non-hydrogen) atoms. The van der Waals surface area contributed by atoms with Gasteiger partial charge in [-0.3, -0.25) is 14.5 Å². The van der Waals surface area contributed by atoms with Crippen LogP contribution in [-0.2, 0) is 24.1 Å². The first-order chi connectivity index (χ1) is 15.5. The van der Waals surface area contributed by atoms with Crippen molar-refractivity contribution in [1.29, 1.82) is 0 Å². The van der Waals surface area contributed by atoms with Gasteiger partial charge in [0.15, 0.2) is 5.82 Å². The first-order valence-electron chi connectivity index (χ1n) is 10.2. The van der Waals surface area contributed by atoms with Crippen molar-refractivity contribution >= 4 is 23.4 Å². The Morgan fingerprint density at radius 1 is 1.12 bits per heavy atom. The minimum atomic E-state index is -4.46. The molecule has 4 rings (SSSR count). The van der Waals surface area contributed by atoms with Gasteiger partial charge in [0, 0.05) is 38.6 Å². The van der Waals surface area contributed by atoms with Crippen LogP contribution in [0.5, 0.6) is 0 Å². The van der Waals surface area contributed by atoms with Gasteiger partial charge in [-0.2, -0.15) is 23.3 Å². The molecule has 0 saturated heterocycles. The van der Waals surface area contributed by atoms with Crippen molar-refractivity contribution in [2.45, 2.75) is 39.2 Å². The quantitative estimate of drug-likeness (QED) is 0.626. The Hall–Kier alpha value is -3.70. The number of aryl methyl sites for hydroxylation is 1. The number of nitrogens with one attached hydrogen (secondary N) is 1. The first kappa shape index (κ1) is 22.5. The number of alkyl halides is 3. The number of halogens is 3. The van der Waals surface area contributed by atoms with Crippen molar-refractivity contribution in [3.63, 3.8) is 0 Å². The molecular formula is C21H23F3N8O. The molecule has 3 aromatic heterocycles. The highest BCUT2D eigenvalue weighted by Crippen LogP contribution is 2.35. The van der Waals surface area contributed by atoms with Crippen LogP contribution in [0.4, 0.5) is 30.6 Å². The monoisotopic (exact) mass is 460 g/mol. The van der Waals surface area contributed by atoms with E-state index in [9.17, 15) is 18.0 Å². The molecule has 0 aliphatic carbocycles. The molecule has 3 aromatic rings. The molecule has 12 heteroatoms. The second-order valence-electron chi connectivity index (χ2n) is 7.94. The molecule has 0 bridgehead atoms. The smallest absolute Gasteiger partial charge is 0.350 e. The lowest BCUT2D eigenvalue weighted by molar-refractivity contribution is -0.141. The zero-order chi connectivity index (χ0) is 23.9. The van der Waals surface area contributed by atoms with Crippen LogP contribution in [0.1, 0.15) is 29.4 Å². The molecule has 1 amide bonds. The van der Waals surface area contributed by atoms with Crippen LogP contribution in [0.3, 0.4) is 0 Å². The van der Waals surface area contributed by atoms with Crippen LogP contribution < -0.4 is 15.1 Å². The Morgan fingerprint density at radius 2 is 1.88 bits per heavy atom. The predicted molar refractivity (Wildman–Crippen MR) is 116 cm³/mol. The normalized spacial score (nSPS) is 16.2. The van der Waals surface area contributed by atoms with E-state index in [0.717, 1.165) is 11.6 Å². The minimum absolute atomic E-state index is 0.0203. The second kappa shape index (κ2) is 8.34. The highest BCUT2D eigenvalue weighted by molar-refractivity contribution is 6.04. The lowest BCUT2D eigenvalue weighted by Gasteiger charge is -2.37. The number of rotatable bonds is 5. The van der Waals surface area contributed by atoms with E-state index in [0.29, 0.717) is 41.8 Å². The van der Waals surface area contributed by atoms with Crippen LogP contribution in [0.25, 0.3) is 0 Å². The summed E-state index contributed by atoms with van der Waals surface area (Å²) in [4.78, 5) is 28.3. The number of anilines is 3. The Kier molecular flexibility index (Phi) is 5.68. The highest BCUT2D eigenvalue weighted by Gasteiger charge is 2.34. The molecule has 0 fully saturated rings. The largest absolute Gasteiger partial charge is 0.433 e. The molecule has 1 aliphatic rings. The number of nitrogens with zero attached hydrogens (tertiary/aromatic N) is 7. The Labute approximate surface area is 188 Å². The number of carbonyl (C=O) groups excluding carboxylic acids is 1. The van der Waals surface area contributed by atoms with E-state index in [-0.39, 0.29) is 11.9 Å². The van der Waals surface area contributed by atoms with Crippen LogP contribution in [0, 0.1) is 6.92 Å². The summed E-state index contributed by atoms with van der Waals surface area (Å²) in [5.41, 5.74) is 1.90. The van der Waals surface area contributed by atoms with Crippen LogP contribution >= 0.6 is 0 Å². The van der Waals surface area contributed by atoms with Crippen molar-refractivity contribution in [3.8, 4) is 0 Å². The summed E-state index contributed by atoms with van der Waals surface area (Å²) >= 11 is 0. The third kappa shape index (κ3) is 4.45. The van der Waals surface area contributed by atoms with Gasteiger partial charge in [0.1, 0.15) is 17.4 Å². The molecule has 0 aromatic carbocycles. The van der Waals surface area contributed by atoms with Gasteiger partial charge in [0.2, 0.25) is 11.9 Å². The SMILES string of the molecule is Cc1nc(NCc2cnn(Cc3ccc(C(F)(F)F)nc3)c2)nc2c1N(C)C(=O)[C@H](C)N2C. The molecule has 0 unspecified atom stereocenters. The van der Waals surface area contributed by atoms with Crippen molar-refractivity contribution in [1.82, 2.24) is 24.7 Å². The van der Waals surface area contributed by atoms with Gasteiger partial charge >= 0.3 is 6.18 Å². The number of carbonyl (C=O) groups is 1. The zero-order valence-electron chi connectivity index (χ0n) is 18.6. The van der Waals surface area contributed by atoms with Crippen molar-refractivity contribution in [2.75, 3.05) is 29.2 Å². The lowest BCUT2D eigenvalue weighted by Crippen LogP contribution is -2.49. The first-order valence-corrected chi connectivity index (χ1v) is 10.2. The van der Waals surface area contributed by atoms with Gasteiger partial charge in [-0.25, -0.2) is 4.98 Å². The van der Waals surface area contributed by atoms with Crippen LogP contribution in [0.15, 0.2) is 30.7 Å². The highest BCUT2D eigenvalue weighted by atomic mass is 19.4. The maximum Gasteiger partial charge on any atom is 0.433 e. The van der Waals surface area contributed by atoms with Gasteiger partial charge in [-0.05, 0) is 25.5 Å². The number of amides is 1. The summed E-state index contributed by atoms with van der Waals surface area (Å²) in [7, 11) is 3.54. The Balaban J connectivity index is 1.44. The van der Waals surface area contributed by atoms with Gasteiger partial charge in [-0.15, -0.1) is 0 Å². The fourth-order valence-electron chi connectivity index (χ4n) is 3.65. The number of fused-ring (bicyclic) bond motifs is 1. The molecule has 4 heterocycles. The van der Waals surface area contributed by atoms with Crippen molar-refractivity contribution < 1.29 is 18.0 Å². The minimum Gasteiger partial charge on any atom is -0.350 e. The Morgan fingerprint density at radius 3 is 2.55 bits per heavy atom. The molecule has 0 spiro atoms. The lowest BCUT2D eigenvalue weighted by atomic mass is 10.1. The average molecular weight is 460 g/mol. The van der Waals surface area contributed by atoms with E-state index in [2.05, 4.69) is 25.4 Å². The van der Waals surface area contributed by atoms with Crippen molar-refractivity contribution in [3.05, 3.63) is 53.2 Å². The standard InChI is InChI=1S/C21H23F3N8O/c1-12-17-18(30(3)13(2)19(33)31(17)4)29-20(28-12)26-8-15-9-27-32(11-15)10-14-5-6-16(25-7-14)21(22,23)24/h5-7,9,11,13H,8,10H2,1-4H3,(H,26,28,29)/t13-/m0/s1. The fourth-order valence-corrected chi connectivity index (χ4v) is 3.65. The molecule has 1 aliphatic heterocycles. The number of pyridine rings is 1. The summed E-state index contributed by atoms with van der Waals surface area (Å²) in [6, 6.07) is 2.01. The topological polar surface area (TPSA) is 92.1 Å². The Bertz CT molecular complexity index is 1180. The summed E-state index contributed by atoms with van der Waals surface area (Å²) in [5.74, 6) is 1.07. The van der Waals surface area contributed by atoms with E-state index < -0.39 is 11.9 Å². The second-order valence-corrected chi connectivity index (χ2v) is 7.94. The third-order valence-electron chi connectivity index (χ3n) is 5.58. The number of likely N-dealkylation sites (N-methyl/N-ethyl adjacent to an activating group) is 2. The zero-order valence-corrected chi connectivity index (χ0v) is 18.6. The summed E-state index contributed by atoms with van der Waals surface area (Å²) < 4.78 is 39.6. The predicted octanol–water partition coefficient (Wildman–Crippen LogP) is 2.86. The summed E-state index contributed by atoms with van der Waals surface area (Å²) in [6.45, 7) is 4.35. The molecule has 1 atom stereocenters. The summed E-state index contributed by atoms with van der Waals surface area (Å²) in [5, 5.41) is 7.43. The van der Waals surface area contributed by atoms with Gasteiger partial charge in [0.05, 0.1) is 18.4 Å². The van der Waals surface area contributed by atoms with Gasteiger partial charge in [0.25, 0.3) is 0 Å². The molecule has 1 N–H and O–H groups in total. The van der Waals surface area contributed by atoms with Crippen molar-refractivity contribution in [2.24, 2.45) is 0 Å². The van der Waals surface area contributed by atoms with Gasteiger partial charge in [-0.1, -0.05) is 6.07 Å². The third-order valence-corrected chi connectivity index (χ3v) is 5.58. The van der Waals surface area contributed by atoms with E-state index in [1.807, 2.05) is 25.8 Å². The fraction of sp³-hybridized carbons (Fsp3) is 0.381. The molecule has 174 valence electrons. The van der Waals surface area contributed by atoms with Crippen LogP contribution in [0.2, 0.25) is 0 Å². The molecule has 0 saturated carbocycles. The summed E-state index contributed by atoms with van der Waals surface area (Å²) in [6.07, 6.45) is 0.191. The van der Waals surface area contributed by atoms with E-state index >= 15 is 0 Å². The van der Waals surface area contributed by atoms with E-state index in [4.69, 9.17) is 0 Å². The maximum absolute atomic E-state index is 12.7. The molecule has 0 radical (unpaired) electrons. The van der Waals surface area contributed by atoms with E-state index in [1.54, 1.807) is 29.0 Å². The van der Waals surface area contributed by atoms with Crippen LogP contribution in [-0.4, -0.2) is 50.8 Å². The molecular weight excluding hydrogens is 437 g/mol. The van der Waals surface area contributed by atoms with E-state index in [1.165, 1.54) is 12.3 Å². The number of hydrogen-bond acceptors (Lipinski definition) is 7. The molecule has 9 nitrogen and oxygen atoms in total. The number of hydrogen-bond donors (Lipinski definition) is 1. The number of aromatic nitrogens is 5.